The number of nitrogens with zero attached hydrogens (tertiary/aromatic N) is 1. The van der Waals surface area contributed by atoms with Crippen molar-refractivity contribution in [3.05, 3.63) is 71.8 Å². The summed E-state index contributed by atoms with van der Waals surface area (Å²) in [6.45, 7) is 15.9. The van der Waals surface area contributed by atoms with Gasteiger partial charge in [0.05, 0.1) is 23.7 Å². The van der Waals surface area contributed by atoms with Crippen molar-refractivity contribution < 1.29 is 27.8 Å². The summed E-state index contributed by atoms with van der Waals surface area (Å²) in [7, 11) is 0. The largest absolute Gasteiger partial charge is 0.452 e. The van der Waals surface area contributed by atoms with Gasteiger partial charge in [0.15, 0.2) is 5.60 Å². The molecule has 0 aromatic heterocycles. The average molecular weight is 770 g/mol. The molecule has 1 heterocycles. The van der Waals surface area contributed by atoms with Crippen LogP contribution in [0.4, 0.5) is 8.78 Å². The van der Waals surface area contributed by atoms with Crippen LogP contribution in [0.5, 0.6) is 0 Å². The van der Waals surface area contributed by atoms with Gasteiger partial charge in [0.25, 0.3) is 5.17 Å². The summed E-state index contributed by atoms with van der Waals surface area (Å²) in [5, 5.41) is 0.112. The second-order valence-electron chi connectivity index (χ2n) is 16.9. The zero-order valence-electron chi connectivity index (χ0n) is 34.5. The number of rotatable bonds is 24. The Morgan fingerprint density at radius 1 is 0.796 bits per heavy atom. The van der Waals surface area contributed by atoms with Crippen molar-refractivity contribution in [3.8, 4) is 0 Å². The van der Waals surface area contributed by atoms with Gasteiger partial charge in [-0.1, -0.05) is 140 Å². The van der Waals surface area contributed by atoms with E-state index in [9.17, 15) is 13.6 Å². The first-order valence-corrected chi connectivity index (χ1v) is 21.2. The van der Waals surface area contributed by atoms with Crippen molar-refractivity contribution in [3.63, 3.8) is 0 Å². The van der Waals surface area contributed by atoms with E-state index in [0.717, 1.165) is 62.5 Å². The minimum Gasteiger partial charge on any atom is -0.452 e. The maximum absolute atomic E-state index is 15.3. The quantitative estimate of drug-likeness (QED) is 0.0786. The van der Waals surface area contributed by atoms with Gasteiger partial charge in [-0.05, 0) is 77.9 Å². The number of Topliss-reactive ketones (excluding diaryl/α,β-unsaturated/α-hetero) is 1. The number of amides is 1. The first-order valence-electron chi connectivity index (χ1n) is 20.8. The average Bonchev–Trinajstić information content (AvgIpc) is 3.44. The molecule has 2 aromatic rings. The predicted octanol–water partition coefficient (Wildman–Crippen LogP) is 12.6. The Bertz CT molecular complexity index is 1390. The van der Waals surface area contributed by atoms with Crippen molar-refractivity contribution in [2.24, 2.45) is 17.8 Å². The topological polar surface area (TPSA) is 55.8 Å². The van der Waals surface area contributed by atoms with Gasteiger partial charge in [-0.2, -0.15) is 0 Å². The van der Waals surface area contributed by atoms with Crippen LogP contribution < -0.4 is 0 Å². The SMILES string of the molecule is CCCCCCCC(F)(F)CCCCCCC(C[C@H](C(=O)N1C(=S)OC(c2ccccc2)(c2ccccc2)[C@@H]1C(C)C)C(CCC)C(C)=O)OC(C)(C)C. The Balaban J connectivity index is 1.87. The smallest absolute Gasteiger partial charge is 0.267 e. The van der Waals surface area contributed by atoms with Crippen LogP contribution in [0, 0.1) is 17.8 Å². The fraction of sp³-hybridized carbons (Fsp3) is 0.674. The summed E-state index contributed by atoms with van der Waals surface area (Å²) in [6.07, 6.45) is 9.42. The maximum atomic E-state index is 15.3. The van der Waals surface area contributed by atoms with E-state index in [0.29, 0.717) is 32.1 Å². The Morgan fingerprint density at radius 2 is 1.31 bits per heavy atom. The van der Waals surface area contributed by atoms with Crippen LogP contribution in [0.3, 0.4) is 0 Å². The molecule has 0 radical (unpaired) electrons. The van der Waals surface area contributed by atoms with Gasteiger partial charge in [-0.15, -0.1) is 0 Å². The number of hydrogen-bond donors (Lipinski definition) is 0. The second kappa shape index (κ2) is 21.6. The van der Waals surface area contributed by atoms with Gasteiger partial charge in [0.1, 0.15) is 5.78 Å². The molecular formula is C46H69F2NO4S. The highest BCUT2D eigenvalue weighted by molar-refractivity contribution is 7.80. The van der Waals surface area contributed by atoms with Gasteiger partial charge in [-0.25, -0.2) is 8.78 Å². The number of alkyl halides is 2. The van der Waals surface area contributed by atoms with E-state index in [1.165, 1.54) is 0 Å². The van der Waals surface area contributed by atoms with Gasteiger partial charge in [0, 0.05) is 29.9 Å². The zero-order chi connectivity index (χ0) is 39.9. The Labute approximate surface area is 331 Å². The van der Waals surface area contributed by atoms with E-state index >= 15 is 4.79 Å². The van der Waals surface area contributed by atoms with Crippen molar-refractivity contribution in [2.45, 2.75) is 181 Å². The van der Waals surface area contributed by atoms with Crippen LogP contribution in [0.2, 0.25) is 0 Å². The molecule has 0 N–H and O–H groups in total. The molecule has 1 aliphatic heterocycles. The number of carbonyl (C=O) groups is 2. The number of ether oxygens (including phenoxy) is 2. The molecule has 1 saturated heterocycles. The first-order chi connectivity index (χ1) is 25.6. The third kappa shape index (κ3) is 12.9. The normalized spacial score (nSPS) is 17.7. The summed E-state index contributed by atoms with van der Waals surface area (Å²) in [6, 6.07) is 19.4. The molecular weight excluding hydrogens is 701 g/mol. The van der Waals surface area contributed by atoms with Crippen LogP contribution in [-0.2, 0) is 24.7 Å². The maximum Gasteiger partial charge on any atom is 0.267 e. The Hall–Kier alpha value is -2.71. The highest BCUT2D eigenvalue weighted by Gasteiger charge is 2.58. The standard InChI is InChI=1S/C46H69F2NO4S/c1-9-11-12-14-23-31-45(47,48)32-24-15-13-22-30-38(52-44(6,7)8)33-40(39(25-10-2)35(5)50)42(51)49-41(34(3)4)46(53-43(49)54,36-26-18-16-19-27-36)37-28-20-17-21-29-37/h16-21,26-29,34,38-41H,9-15,22-25,30-33H2,1-8H3/t38?,39?,40-,41-/m0/s1. The van der Waals surface area contributed by atoms with Crippen molar-refractivity contribution in [1.29, 1.82) is 0 Å². The van der Waals surface area contributed by atoms with Crippen molar-refractivity contribution in [1.82, 2.24) is 4.90 Å². The monoisotopic (exact) mass is 769 g/mol. The highest BCUT2D eigenvalue weighted by atomic mass is 32.1. The van der Waals surface area contributed by atoms with Crippen LogP contribution >= 0.6 is 12.2 Å². The molecule has 1 fully saturated rings. The number of halogens is 2. The van der Waals surface area contributed by atoms with E-state index in [1.807, 2.05) is 88.4 Å². The molecule has 4 atom stereocenters. The summed E-state index contributed by atoms with van der Waals surface area (Å²) in [5.74, 6) is -4.10. The summed E-state index contributed by atoms with van der Waals surface area (Å²) < 4.78 is 42.5. The molecule has 302 valence electrons. The van der Waals surface area contributed by atoms with Crippen LogP contribution in [0.25, 0.3) is 0 Å². The van der Waals surface area contributed by atoms with E-state index in [4.69, 9.17) is 21.7 Å². The van der Waals surface area contributed by atoms with Gasteiger partial charge >= 0.3 is 0 Å². The van der Waals surface area contributed by atoms with Crippen LogP contribution in [-0.4, -0.2) is 45.4 Å². The molecule has 2 unspecified atom stereocenters. The number of unbranched alkanes of at least 4 members (excludes halogenated alkanes) is 7. The summed E-state index contributed by atoms with van der Waals surface area (Å²) >= 11 is 5.99. The molecule has 2 aromatic carbocycles. The number of ketones is 1. The van der Waals surface area contributed by atoms with Gasteiger partial charge in [0.2, 0.25) is 11.8 Å². The number of hydrogen-bond acceptors (Lipinski definition) is 5. The fourth-order valence-electron chi connectivity index (χ4n) is 8.38. The number of benzene rings is 2. The molecule has 3 rings (SSSR count). The molecule has 0 saturated carbocycles. The van der Waals surface area contributed by atoms with E-state index in [1.54, 1.807) is 11.8 Å². The van der Waals surface area contributed by atoms with Crippen molar-refractivity contribution in [2.75, 3.05) is 0 Å². The van der Waals surface area contributed by atoms with Crippen LogP contribution in [0.1, 0.15) is 163 Å². The third-order valence-corrected chi connectivity index (χ3v) is 11.1. The van der Waals surface area contributed by atoms with Gasteiger partial charge in [-0.3, -0.25) is 14.5 Å². The molecule has 54 heavy (non-hydrogen) atoms. The Kier molecular flexibility index (Phi) is 18.2. The van der Waals surface area contributed by atoms with Crippen molar-refractivity contribution >= 4 is 29.1 Å². The minimum atomic E-state index is -2.61. The lowest BCUT2D eigenvalue weighted by molar-refractivity contribution is -0.144. The highest BCUT2D eigenvalue weighted by Crippen LogP contribution is 2.48. The summed E-state index contributed by atoms with van der Waals surface area (Å²) in [5.41, 5.74) is 0.271. The molecule has 0 bridgehead atoms. The fourth-order valence-corrected chi connectivity index (χ4v) is 8.71. The van der Waals surface area contributed by atoms with E-state index in [-0.39, 0.29) is 41.7 Å². The lowest BCUT2D eigenvalue weighted by Crippen LogP contribution is -2.53. The molecule has 5 nitrogen and oxygen atoms in total. The molecule has 0 aliphatic carbocycles. The molecule has 1 aliphatic rings. The lowest BCUT2D eigenvalue weighted by Gasteiger charge is -2.40. The number of thiocarbonyl (C=S) groups is 1. The van der Waals surface area contributed by atoms with E-state index < -0.39 is 35.0 Å². The predicted molar refractivity (Wildman–Crippen MR) is 221 cm³/mol. The number of carbonyl (C=O) groups excluding carboxylic acids is 2. The molecule has 8 heteroatoms. The van der Waals surface area contributed by atoms with Crippen LogP contribution in [0.15, 0.2) is 60.7 Å². The zero-order valence-corrected chi connectivity index (χ0v) is 35.3. The van der Waals surface area contributed by atoms with E-state index in [2.05, 4.69) is 20.8 Å². The minimum absolute atomic E-state index is 0.0241. The van der Waals surface area contributed by atoms with Gasteiger partial charge < -0.3 is 9.47 Å². The molecule has 0 spiro atoms. The lowest BCUT2D eigenvalue weighted by atomic mass is 9.74. The summed E-state index contributed by atoms with van der Waals surface area (Å²) in [4.78, 5) is 30.4. The third-order valence-electron chi connectivity index (χ3n) is 10.8. The molecule has 1 amide bonds. The Morgan fingerprint density at radius 3 is 1.78 bits per heavy atom. The first kappa shape index (κ1) is 45.7. The second-order valence-corrected chi connectivity index (χ2v) is 17.3.